The van der Waals surface area contributed by atoms with Crippen LogP contribution in [0.1, 0.15) is 65.7 Å². The number of fused-ring (bicyclic) bond motifs is 4. The molecule has 3 aromatic rings. The van der Waals surface area contributed by atoms with Gasteiger partial charge in [-0.25, -0.2) is 9.97 Å². The van der Waals surface area contributed by atoms with E-state index in [1.807, 2.05) is 28.4 Å². The van der Waals surface area contributed by atoms with Gasteiger partial charge >= 0.3 is 0 Å². The van der Waals surface area contributed by atoms with E-state index < -0.39 is 0 Å². The summed E-state index contributed by atoms with van der Waals surface area (Å²) in [6.07, 6.45) is 9.27. The highest BCUT2D eigenvalue weighted by molar-refractivity contribution is 7.19. The predicted molar refractivity (Wildman–Crippen MR) is 138 cm³/mol. The molecule has 35 heavy (non-hydrogen) atoms. The molecule has 8 heteroatoms. The first-order valence-electron chi connectivity index (χ1n) is 13.0. The molecule has 0 radical (unpaired) electrons. The van der Waals surface area contributed by atoms with Crippen LogP contribution in [0, 0.1) is 0 Å². The second kappa shape index (κ2) is 9.64. The zero-order valence-corrected chi connectivity index (χ0v) is 21.2. The first-order chi connectivity index (χ1) is 17.2. The lowest BCUT2D eigenvalue weighted by atomic mass is 10.1. The summed E-state index contributed by atoms with van der Waals surface area (Å²) in [5, 5.41) is 1.28. The Hall–Kier alpha value is -2.87. The van der Waals surface area contributed by atoms with Gasteiger partial charge in [0.25, 0.3) is 5.91 Å². The van der Waals surface area contributed by atoms with Crippen LogP contribution in [0.4, 0.5) is 5.82 Å². The number of carbonyl (C=O) groups excluding carboxylic acids is 1. The quantitative estimate of drug-likeness (QED) is 0.467. The summed E-state index contributed by atoms with van der Waals surface area (Å²) in [5.41, 5.74) is 2.13. The van der Waals surface area contributed by atoms with E-state index in [-0.39, 0.29) is 12.7 Å². The molecule has 0 N–H and O–H groups in total. The minimum atomic E-state index is 0.0452. The van der Waals surface area contributed by atoms with Crippen LogP contribution in [0.2, 0.25) is 0 Å². The van der Waals surface area contributed by atoms with Crippen LogP contribution in [0.3, 0.4) is 0 Å². The molecular weight excluding hydrogens is 460 g/mol. The SMILES string of the molecule is CCCCc1nc(N2CCN(C(=O)c3ccc4c(c3)OCO4)CC2)c2c3c(sc2n1)CCCCC3. The largest absolute Gasteiger partial charge is 0.454 e. The number of hydrogen-bond donors (Lipinski definition) is 0. The summed E-state index contributed by atoms with van der Waals surface area (Å²) < 4.78 is 10.9. The molecule has 1 aliphatic carbocycles. The van der Waals surface area contributed by atoms with Crippen molar-refractivity contribution in [2.75, 3.05) is 37.9 Å². The lowest BCUT2D eigenvalue weighted by Crippen LogP contribution is -2.49. The minimum Gasteiger partial charge on any atom is -0.454 e. The van der Waals surface area contributed by atoms with E-state index in [2.05, 4.69) is 11.8 Å². The van der Waals surface area contributed by atoms with Crippen LogP contribution >= 0.6 is 11.3 Å². The Bertz CT molecular complexity index is 1250. The van der Waals surface area contributed by atoms with Gasteiger partial charge in [0.15, 0.2) is 11.5 Å². The van der Waals surface area contributed by atoms with Gasteiger partial charge in [-0.05, 0) is 55.9 Å². The highest BCUT2D eigenvalue weighted by atomic mass is 32.1. The van der Waals surface area contributed by atoms with Gasteiger partial charge in [0.1, 0.15) is 16.5 Å². The Morgan fingerprint density at radius 1 is 1.03 bits per heavy atom. The number of unbranched alkanes of at least 4 members (excludes halogenated alkanes) is 1. The number of carbonyl (C=O) groups is 1. The summed E-state index contributed by atoms with van der Waals surface area (Å²) >= 11 is 1.89. The van der Waals surface area contributed by atoms with Gasteiger partial charge in [-0.2, -0.15) is 0 Å². The fourth-order valence-electron chi connectivity index (χ4n) is 5.37. The summed E-state index contributed by atoms with van der Waals surface area (Å²) in [7, 11) is 0. The van der Waals surface area contributed by atoms with Crippen molar-refractivity contribution in [2.24, 2.45) is 0 Å². The van der Waals surface area contributed by atoms with Crippen molar-refractivity contribution in [1.82, 2.24) is 14.9 Å². The molecule has 2 aliphatic heterocycles. The van der Waals surface area contributed by atoms with Crippen LogP contribution in [-0.2, 0) is 19.3 Å². The third-order valence-corrected chi connectivity index (χ3v) is 8.52. The van der Waals surface area contributed by atoms with Gasteiger partial charge < -0.3 is 19.3 Å². The van der Waals surface area contributed by atoms with E-state index in [1.54, 1.807) is 6.07 Å². The van der Waals surface area contributed by atoms with Crippen LogP contribution in [-0.4, -0.2) is 53.7 Å². The van der Waals surface area contributed by atoms with E-state index in [9.17, 15) is 4.79 Å². The Morgan fingerprint density at radius 2 is 1.86 bits per heavy atom. The van der Waals surface area contributed by atoms with Crippen LogP contribution < -0.4 is 14.4 Å². The molecule has 1 fully saturated rings. The van der Waals surface area contributed by atoms with Gasteiger partial charge in [-0.3, -0.25) is 4.79 Å². The van der Waals surface area contributed by atoms with Crippen molar-refractivity contribution in [1.29, 1.82) is 0 Å². The number of piperazine rings is 1. The van der Waals surface area contributed by atoms with Crippen molar-refractivity contribution in [3.05, 3.63) is 40.0 Å². The summed E-state index contributed by atoms with van der Waals surface area (Å²) in [5.74, 6) is 3.45. The second-order valence-electron chi connectivity index (χ2n) is 9.66. The zero-order valence-electron chi connectivity index (χ0n) is 20.3. The van der Waals surface area contributed by atoms with E-state index in [4.69, 9.17) is 19.4 Å². The van der Waals surface area contributed by atoms with Gasteiger partial charge in [0.05, 0.1) is 5.39 Å². The van der Waals surface area contributed by atoms with Gasteiger partial charge in [-0.1, -0.05) is 19.8 Å². The van der Waals surface area contributed by atoms with Gasteiger partial charge in [0, 0.05) is 43.0 Å². The molecule has 184 valence electrons. The molecule has 0 spiro atoms. The second-order valence-corrected chi connectivity index (χ2v) is 10.7. The molecule has 1 aromatic carbocycles. The molecule has 1 saturated heterocycles. The standard InChI is InChI=1S/C27H32N4O3S/c1-2-3-9-23-28-25(24-19-7-5-4-6-8-22(19)35-26(24)29-23)30-12-14-31(15-13-30)27(32)18-10-11-20-21(16-18)34-17-33-20/h10-11,16H,2-9,12-15,17H2,1H3. The third kappa shape index (κ3) is 4.33. The van der Waals surface area contributed by atoms with E-state index in [1.165, 1.54) is 35.1 Å². The Morgan fingerprint density at radius 3 is 2.71 bits per heavy atom. The lowest BCUT2D eigenvalue weighted by molar-refractivity contribution is 0.0746. The van der Waals surface area contributed by atoms with Gasteiger partial charge in [0.2, 0.25) is 6.79 Å². The Kier molecular flexibility index (Phi) is 6.22. The number of nitrogens with zero attached hydrogens (tertiary/aromatic N) is 4. The average Bonchev–Trinajstić information content (AvgIpc) is 3.43. The first-order valence-corrected chi connectivity index (χ1v) is 13.8. The fourth-order valence-corrected chi connectivity index (χ4v) is 6.64. The van der Waals surface area contributed by atoms with Crippen LogP contribution in [0.5, 0.6) is 11.5 Å². The molecule has 0 bridgehead atoms. The number of thiophene rings is 1. The number of rotatable bonds is 5. The number of anilines is 1. The third-order valence-electron chi connectivity index (χ3n) is 7.33. The maximum absolute atomic E-state index is 13.2. The first kappa shape index (κ1) is 22.6. The van der Waals surface area contributed by atoms with Gasteiger partial charge in [-0.15, -0.1) is 11.3 Å². The molecule has 7 nitrogen and oxygen atoms in total. The van der Waals surface area contributed by atoms with E-state index >= 15 is 0 Å². The summed E-state index contributed by atoms with van der Waals surface area (Å²) in [6.45, 7) is 5.33. The number of ether oxygens (including phenoxy) is 2. The minimum absolute atomic E-state index is 0.0452. The molecule has 0 atom stereocenters. The van der Waals surface area contributed by atoms with Crippen molar-refractivity contribution in [3.63, 3.8) is 0 Å². The maximum Gasteiger partial charge on any atom is 0.254 e. The highest BCUT2D eigenvalue weighted by Crippen LogP contribution is 2.40. The summed E-state index contributed by atoms with van der Waals surface area (Å²) in [6, 6.07) is 5.45. The van der Waals surface area contributed by atoms with Crippen molar-refractivity contribution in [3.8, 4) is 11.5 Å². The Balaban J connectivity index is 1.26. The molecule has 0 unspecified atom stereocenters. The van der Waals surface area contributed by atoms with Crippen LogP contribution in [0.15, 0.2) is 18.2 Å². The van der Waals surface area contributed by atoms with Crippen LogP contribution in [0.25, 0.3) is 10.2 Å². The van der Waals surface area contributed by atoms with E-state index in [0.29, 0.717) is 30.2 Å². The molecule has 4 heterocycles. The number of hydrogen-bond acceptors (Lipinski definition) is 7. The maximum atomic E-state index is 13.2. The molecule has 0 saturated carbocycles. The number of aromatic nitrogens is 2. The fraction of sp³-hybridized carbons (Fsp3) is 0.519. The number of aryl methyl sites for hydroxylation is 3. The summed E-state index contributed by atoms with van der Waals surface area (Å²) in [4.78, 5) is 30.3. The smallest absolute Gasteiger partial charge is 0.254 e. The zero-order chi connectivity index (χ0) is 23.8. The normalized spacial score (nSPS) is 17.5. The monoisotopic (exact) mass is 492 g/mol. The Labute approximate surface area is 210 Å². The number of benzene rings is 1. The molecule has 3 aliphatic rings. The molecular formula is C27H32N4O3S. The predicted octanol–water partition coefficient (Wildman–Crippen LogP) is 4.99. The highest BCUT2D eigenvalue weighted by Gasteiger charge is 2.28. The lowest BCUT2D eigenvalue weighted by Gasteiger charge is -2.36. The topological polar surface area (TPSA) is 67.8 Å². The average molecular weight is 493 g/mol. The van der Waals surface area contributed by atoms with Crippen molar-refractivity contribution in [2.45, 2.75) is 58.3 Å². The molecule has 2 aromatic heterocycles. The van der Waals surface area contributed by atoms with Crippen molar-refractivity contribution < 1.29 is 14.3 Å². The van der Waals surface area contributed by atoms with Crippen molar-refractivity contribution >= 4 is 33.3 Å². The number of amides is 1. The van der Waals surface area contributed by atoms with E-state index in [0.717, 1.165) is 61.7 Å². The molecule has 6 rings (SSSR count). The molecule has 1 amide bonds.